The van der Waals surface area contributed by atoms with Crippen LogP contribution in [0.1, 0.15) is 26.9 Å². The number of sulfonamides is 1. The second-order valence-electron chi connectivity index (χ2n) is 5.76. The molecule has 1 aliphatic heterocycles. The summed E-state index contributed by atoms with van der Waals surface area (Å²) in [7, 11) is -7.66. The van der Waals surface area contributed by atoms with E-state index in [-0.39, 0.29) is 27.0 Å². The van der Waals surface area contributed by atoms with Crippen molar-refractivity contribution in [2.75, 3.05) is 11.0 Å². The number of aromatic nitrogens is 1. The van der Waals surface area contributed by atoms with Crippen LogP contribution in [-0.4, -0.2) is 33.9 Å². The third-order valence-corrected chi connectivity index (χ3v) is 6.97. The molecular weight excluding hydrogens is 423 g/mol. The first-order valence-corrected chi connectivity index (χ1v) is 11.5. The molecule has 2 aromatic rings. The molecule has 0 radical (unpaired) electrons. The SMILES string of the molecule is CS(=O)(=O)Nc1ccc(Cl)c(C2C(=O)c3ncccc3CS2(=O)=O)c1Cl. The Morgan fingerprint density at radius 2 is 1.92 bits per heavy atom. The van der Waals surface area contributed by atoms with Gasteiger partial charge in [0.1, 0.15) is 5.69 Å². The van der Waals surface area contributed by atoms with Gasteiger partial charge >= 0.3 is 0 Å². The molecule has 138 valence electrons. The minimum Gasteiger partial charge on any atom is -0.291 e. The van der Waals surface area contributed by atoms with Crippen LogP contribution in [0.25, 0.3) is 0 Å². The summed E-state index contributed by atoms with van der Waals surface area (Å²) >= 11 is 12.4. The zero-order valence-electron chi connectivity index (χ0n) is 13.2. The summed E-state index contributed by atoms with van der Waals surface area (Å²) < 4.78 is 50.6. The Balaban J connectivity index is 2.23. The van der Waals surface area contributed by atoms with Crippen molar-refractivity contribution in [2.45, 2.75) is 11.0 Å². The van der Waals surface area contributed by atoms with Gasteiger partial charge in [0.15, 0.2) is 15.1 Å². The highest BCUT2D eigenvalue weighted by Gasteiger charge is 2.43. The van der Waals surface area contributed by atoms with E-state index in [4.69, 9.17) is 23.2 Å². The van der Waals surface area contributed by atoms with E-state index in [1.54, 1.807) is 6.07 Å². The first-order chi connectivity index (χ1) is 12.0. The Morgan fingerprint density at radius 3 is 2.58 bits per heavy atom. The number of nitrogens with one attached hydrogen (secondary N) is 1. The van der Waals surface area contributed by atoms with Gasteiger partial charge in [-0.15, -0.1) is 0 Å². The molecule has 7 nitrogen and oxygen atoms in total. The lowest BCUT2D eigenvalue weighted by Gasteiger charge is -2.25. The van der Waals surface area contributed by atoms with Gasteiger partial charge in [-0.2, -0.15) is 0 Å². The summed E-state index contributed by atoms with van der Waals surface area (Å²) in [4.78, 5) is 16.8. The number of pyridine rings is 1. The molecule has 0 bridgehead atoms. The van der Waals surface area contributed by atoms with E-state index in [1.807, 2.05) is 0 Å². The molecule has 1 aromatic carbocycles. The Morgan fingerprint density at radius 1 is 1.23 bits per heavy atom. The summed E-state index contributed by atoms with van der Waals surface area (Å²) in [5, 5.41) is -1.97. The number of fused-ring (bicyclic) bond motifs is 1. The first-order valence-electron chi connectivity index (χ1n) is 7.16. The maximum absolute atomic E-state index is 12.8. The average molecular weight is 435 g/mol. The van der Waals surface area contributed by atoms with Gasteiger partial charge in [0, 0.05) is 16.8 Å². The maximum Gasteiger partial charge on any atom is 0.229 e. The highest BCUT2D eigenvalue weighted by molar-refractivity contribution is 7.92. The van der Waals surface area contributed by atoms with Crippen LogP contribution in [0, 0.1) is 0 Å². The van der Waals surface area contributed by atoms with Crippen LogP contribution in [0.4, 0.5) is 5.69 Å². The van der Waals surface area contributed by atoms with Crippen molar-refractivity contribution >= 4 is 54.5 Å². The number of hydrogen-bond acceptors (Lipinski definition) is 6. The Labute approximate surface area is 160 Å². The van der Waals surface area contributed by atoms with E-state index in [1.165, 1.54) is 24.4 Å². The van der Waals surface area contributed by atoms with Crippen molar-refractivity contribution in [2.24, 2.45) is 0 Å². The monoisotopic (exact) mass is 434 g/mol. The summed E-state index contributed by atoms with van der Waals surface area (Å²) in [6.45, 7) is 0. The number of hydrogen-bond donors (Lipinski definition) is 1. The summed E-state index contributed by atoms with van der Waals surface area (Å²) in [6, 6.07) is 5.63. The van der Waals surface area contributed by atoms with E-state index in [9.17, 15) is 21.6 Å². The number of anilines is 1. The zero-order valence-corrected chi connectivity index (χ0v) is 16.4. The smallest absolute Gasteiger partial charge is 0.229 e. The lowest BCUT2D eigenvalue weighted by atomic mass is 10.0. The topological polar surface area (TPSA) is 110 Å². The first kappa shape index (κ1) is 19.1. The Kier molecular flexibility index (Phi) is 4.76. The van der Waals surface area contributed by atoms with E-state index >= 15 is 0 Å². The number of rotatable bonds is 3. The normalized spacial score (nSPS) is 19.0. The van der Waals surface area contributed by atoms with Gasteiger partial charge in [0.05, 0.1) is 22.7 Å². The molecule has 3 rings (SSSR count). The van der Waals surface area contributed by atoms with Crippen LogP contribution < -0.4 is 4.72 Å². The minimum atomic E-state index is -3.98. The molecule has 0 aliphatic carbocycles. The van der Waals surface area contributed by atoms with E-state index in [0.29, 0.717) is 5.56 Å². The van der Waals surface area contributed by atoms with E-state index < -0.39 is 36.6 Å². The lowest BCUT2D eigenvalue weighted by molar-refractivity contribution is 0.0979. The van der Waals surface area contributed by atoms with Crippen molar-refractivity contribution in [3.05, 3.63) is 57.3 Å². The van der Waals surface area contributed by atoms with Crippen molar-refractivity contribution < 1.29 is 21.6 Å². The Hall–Kier alpha value is -1.68. The maximum atomic E-state index is 12.8. The fourth-order valence-electron chi connectivity index (χ4n) is 2.76. The van der Waals surface area contributed by atoms with Crippen molar-refractivity contribution in [1.82, 2.24) is 4.98 Å². The third kappa shape index (κ3) is 3.44. The predicted octanol–water partition coefficient (Wildman–Crippen LogP) is 2.61. The second-order valence-corrected chi connectivity index (χ2v) is 10.4. The van der Waals surface area contributed by atoms with Gasteiger partial charge < -0.3 is 0 Å². The summed E-state index contributed by atoms with van der Waals surface area (Å²) in [6.07, 6.45) is 2.30. The van der Waals surface area contributed by atoms with E-state index in [2.05, 4.69) is 9.71 Å². The van der Waals surface area contributed by atoms with Crippen LogP contribution in [0.3, 0.4) is 0 Å². The molecule has 0 fully saturated rings. The van der Waals surface area contributed by atoms with Gasteiger partial charge in [-0.25, -0.2) is 16.8 Å². The molecule has 1 aromatic heterocycles. The molecule has 1 aliphatic rings. The van der Waals surface area contributed by atoms with Gasteiger partial charge in [-0.3, -0.25) is 14.5 Å². The summed E-state index contributed by atoms with van der Waals surface area (Å²) in [5.41, 5.74) is 0.0963. The molecule has 26 heavy (non-hydrogen) atoms. The van der Waals surface area contributed by atoms with Crippen molar-refractivity contribution in [3.8, 4) is 0 Å². The van der Waals surface area contributed by atoms with Crippen LogP contribution in [0.5, 0.6) is 0 Å². The fourth-order valence-corrected chi connectivity index (χ4v) is 6.03. The van der Waals surface area contributed by atoms with Gasteiger partial charge in [0.25, 0.3) is 0 Å². The van der Waals surface area contributed by atoms with Crippen LogP contribution in [-0.2, 0) is 25.6 Å². The molecule has 0 saturated carbocycles. The number of benzene rings is 1. The van der Waals surface area contributed by atoms with Crippen LogP contribution >= 0.6 is 23.2 Å². The molecule has 1 unspecified atom stereocenters. The average Bonchev–Trinajstić information content (AvgIpc) is 2.51. The number of carbonyl (C=O) groups is 1. The molecular formula is C15H12Cl2N2O5S2. The van der Waals surface area contributed by atoms with Crippen molar-refractivity contribution in [1.29, 1.82) is 0 Å². The largest absolute Gasteiger partial charge is 0.291 e. The Bertz CT molecular complexity index is 1130. The standard InChI is InChI=1S/C15H12Cl2N2O5S2/c1-25(21,22)19-10-5-4-9(16)11(12(10)17)15-14(20)13-8(3-2-6-18-13)7-26(15,23)24/h2-6,15,19H,7H2,1H3. The molecule has 0 amide bonds. The number of nitrogens with zero attached hydrogens (tertiary/aromatic N) is 1. The fraction of sp³-hybridized carbons (Fsp3) is 0.200. The number of ketones is 1. The molecule has 1 atom stereocenters. The summed E-state index contributed by atoms with van der Waals surface area (Å²) in [5.74, 6) is -1.16. The highest BCUT2D eigenvalue weighted by atomic mass is 35.5. The molecule has 2 heterocycles. The van der Waals surface area contributed by atoms with Crippen molar-refractivity contribution in [3.63, 3.8) is 0 Å². The van der Waals surface area contributed by atoms with Gasteiger partial charge in [-0.1, -0.05) is 29.3 Å². The zero-order chi connectivity index (χ0) is 19.3. The number of sulfone groups is 1. The van der Waals surface area contributed by atoms with Crippen LogP contribution in [0.15, 0.2) is 30.5 Å². The van der Waals surface area contributed by atoms with Gasteiger partial charge in [-0.05, 0) is 23.8 Å². The molecule has 0 spiro atoms. The molecule has 1 N–H and O–H groups in total. The molecule has 0 saturated heterocycles. The quantitative estimate of drug-likeness (QED) is 0.794. The minimum absolute atomic E-state index is 0.0286. The van der Waals surface area contributed by atoms with Gasteiger partial charge in [0.2, 0.25) is 15.8 Å². The van der Waals surface area contributed by atoms with E-state index in [0.717, 1.165) is 6.26 Å². The number of Topliss-reactive ketones (excluding diaryl/α,β-unsaturated/α-hetero) is 1. The predicted molar refractivity (Wildman–Crippen MR) is 98.9 cm³/mol. The second kappa shape index (κ2) is 6.49. The van der Waals surface area contributed by atoms with Crippen LogP contribution in [0.2, 0.25) is 10.0 Å². The highest BCUT2D eigenvalue weighted by Crippen LogP contribution is 2.43. The third-order valence-electron chi connectivity index (χ3n) is 3.76. The molecule has 11 heteroatoms. The lowest BCUT2D eigenvalue weighted by Crippen LogP contribution is -2.31. The number of halogens is 2. The number of carbonyl (C=O) groups excluding carboxylic acids is 1.